The van der Waals surface area contributed by atoms with Crippen LogP contribution < -0.4 is 0 Å². The lowest BCUT2D eigenvalue weighted by atomic mass is 10.00. The third-order valence-electron chi connectivity index (χ3n) is 18.2. The van der Waals surface area contributed by atoms with Crippen LogP contribution in [0.2, 0.25) is 0 Å². The fraction of sp³-hybridized carbons (Fsp3) is 0.948. The fourth-order valence-corrected chi connectivity index (χ4v) is 13.3. The normalized spacial score (nSPS) is 14.4. The molecule has 0 aromatic heterocycles. The molecule has 0 radical (unpaired) electrons. The maximum atomic E-state index is 13.1. The largest absolute Gasteiger partial charge is 0.472 e. The zero-order valence-corrected chi connectivity index (χ0v) is 64.8. The lowest BCUT2D eigenvalue weighted by Gasteiger charge is -2.21. The van der Waals surface area contributed by atoms with Crippen LogP contribution in [0.1, 0.15) is 389 Å². The summed E-state index contributed by atoms with van der Waals surface area (Å²) >= 11 is 0. The number of esters is 4. The number of carbonyl (C=O) groups is 4. The van der Waals surface area contributed by atoms with E-state index in [4.69, 9.17) is 37.0 Å². The van der Waals surface area contributed by atoms with Crippen molar-refractivity contribution in [1.29, 1.82) is 0 Å². The summed E-state index contributed by atoms with van der Waals surface area (Å²) in [6, 6.07) is 0. The van der Waals surface area contributed by atoms with Gasteiger partial charge in [0.1, 0.15) is 19.3 Å². The van der Waals surface area contributed by atoms with Gasteiger partial charge >= 0.3 is 39.5 Å². The first-order chi connectivity index (χ1) is 46.1. The topological polar surface area (TPSA) is 237 Å². The van der Waals surface area contributed by atoms with E-state index in [0.717, 1.165) is 120 Å². The Morgan fingerprint density at radius 2 is 0.500 bits per heavy atom. The Morgan fingerprint density at radius 3 is 0.740 bits per heavy atom. The highest BCUT2D eigenvalue weighted by atomic mass is 31.2. The van der Waals surface area contributed by atoms with Crippen LogP contribution in [0, 0.1) is 23.7 Å². The van der Waals surface area contributed by atoms with Gasteiger partial charge in [0.25, 0.3) is 0 Å². The van der Waals surface area contributed by atoms with Gasteiger partial charge in [-0.25, -0.2) is 9.13 Å². The summed E-state index contributed by atoms with van der Waals surface area (Å²) in [6.07, 6.45) is 51.5. The molecule has 0 heterocycles. The van der Waals surface area contributed by atoms with E-state index >= 15 is 0 Å². The summed E-state index contributed by atoms with van der Waals surface area (Å²) in [5.74, 6) is 0.920. The number of ether oxygens (including phenoxy) is 4. The van der Waals surface area contributed by atoms with Gasteiger partial charge in [-0.15, -0.1) is 0 Å². The number of phosphoric ester groups is 2. The first-order valence-corrected chi connectivity index (χ1v) is 42.7. The molecular formula is C77H150O17P2. The van der Waals surface area contributed by atoms with Gasteiger partial charge in [0.05, 0.1) is 26.4 Å². The molecule has 6 atom stereocenters. The minimum absolute atomic E-state index is 0.105. The Bertz CT molecular complexity index is 1890. The predicted octanol–water partition coefficient (Wildman–Crippen LogP) is 22.4. The molecule has 0 aliphatic rings. The molecule has 96 heavy (non-hydrogen) atoms. The number of hydrogen-bond acceptors (Lipinski definition) is 15. The van der Waals surface area contributed by atoms with E-state index in [2.05, 4.69) is 55.4 Å². The molecule has 3 N–H and O–H groups in total. The van der Waals surface area contributed by atoms with Gasteiger partial charge in [0, 0.05) is 25.7 Å². The number of aliphatic hydroxyl groups excluding tert-OH is 1. The maximum Gasteiger partial charge on any atom is 0.472 e. The quantitative estimate of drug-likeness (QED) is 0.0222. The Labute approximate surface area is 588 Å². The average Bonchev–Trinajstić information content (AvgIpc) is 1.13. The molecule has 0 aliphatic heterocycles. The number of carbonyl (C=O) groups excluding carboxylic acids is 4. The maximum absolute atomic E-state index is 13.1. The van der Waals surface area contributed by atoms with Gasteiger partial charge < -0.3 is 33.8 Å². The monoisotopic (exact) mass is 1410 g/mol. The van der Waals surface area contributed by atoms with Crippen LogP contribution in [0.5, 0.6) is 0 Å². The summed E-state index contributed by atoms with van der Waals surface area (Å²) in [4.78, 5) is 72.8. The van der Waals surface area contributed by atoms with Crippen molar-refractivity contribution in [1.82, 2.24) is 0 Å². The summed E-state index contributed by atoms with van der Waals surface area (Å²) in [7, 11) is -9.91. The molecule has 0 rings (SSSR count). The van der Waals surface area contributed by atoms with E-state index in [-0.39, 0.29) is 25.7 Å². The van der Waals surface area contributed by atoms with Crippen LogP contribution in [-0.4, -0.2) is 96.7 Å². The Morgan fingerprint density at radius 1 is 0.292 bits per heavy atom. The molecule has 0 bridgehead atoms. The molecule has 0 spiro atoms. The molecule has 0 aromatic rings. The first kappa shape index (κ1) is 94.1. The molecule has 0 aromatic carbocycles. The van der Waals surface area contributed by atoms with Gasteiger partial charge in [0.2, 0.25) is 0 Å². The summed E-state index contributed by atoms with van der Waals surface area (Å²) in [5, 5.41) is 10.6. The van der Waals surface area contributed by atoms with E-state index in [1.165, 1.54) is 186 Å². The zero-order chi connectivity index (χ0) is 71.0. The Balaban J connectivity index is 5.18. The van der Waals surface area contributed by atoms with Gasteiger partial charge in [-0.2, -0.15) is 0 Å². The van der Waals surface area contributed by atoms with Crippen molar-refractivity contribution in [3.8, 4) is 0 Å². The molecule has 0 amide bonds. The van der Waals surface area contributed by atoms with Gasteiger partial charge in [-0.05, 0) is 49.4 Å². The molecule has 0 saturated carbocycles. The van der Waals surface area contributed by atoms with Crippen LogP contribution in [0.25, 0.3) is 0 Å². The Kier molecular flexibility index (Phi) is 65.0. The van der Waals surface area contributed by atoms with Crippen LogP contribution >= 0.6 is 15.6 Å². The zero-order valence-electron chi connectivity index (χ0n) is 63.0. The smallest absolute Gasteiger partial charge is 0.462 e. The fourth-order valence-electron chi connectivity index (χ4n) is 11.7. The number of rotatable bonds is 74. The minimum Gasteiger partial charge on any atom is -0.462 e. The second-order valence-corrected chi connectivity index (χ2v) is 32.3. The molecule has 570 valence electrons. The van der Waals surface area contributed by atoms with Gasteiger partial charge in [-0.1, -0.05) is 338 Å². The van der Waals surface area contributed by atoms with Crippen molar-refractivity contribution in [2.45, 2.75) is 408 Å². The minimum atomic E-state index is -4.96. The summed E-state index contributed by atoms with van der Waals surface area (Å²) in [6.45, 7) is 14.2. The van der Waals surface area contributed by atoms with Gasteiger partial charge in [-0.3, -0.25) is 37.3 Å². The van der Waals surface area contributed by atoms with Crippen LogP contribution in [0.3, 0.4) is 0 Å². The summed E-state index contributed by atoms with van der Waals surface area (Å²) in [5.41, 5.74) is 0. The van der Waals surface area contributed by atoms with Crippen LogP contribution in [0.4, 0.5) is 0 Å². The highest BCUT2D eigenvalue weighted by Crippen LogP contribution is 2.45. The third-order valence-corrected chi connectivity index (χ3v) is 20.1. The van der Waals surface area contributed by atoms with Crippen LogP contribution in [-0.2, 0) is 65.4 Å². The lowest BCUT2D eigenvalue weighted by Crippen LogP contribution is -2.30. The van der Waals surface area contributed by atoms with Crippen molar-refractivity contribution >= 4 is 39.5 Å². The summed E-state index contributed by atoms with van der Waals surface area (Å²) < 4.78 is 68.5. The molecular weight excluding hydrogens is 1260 g/mol. The highest BCUT2D eigenvalue weighted by molar-refractivity contribution is 7.47. The number of unbranched alkanes of at least 4 members (excludes halogenated alkanes) is 39. The molecule has 0 aliphatic carbocycles. The standard InChI is InChI=1S/C77H150O17P2/c1-9-70(8)56-48-40-35-36-42-50-58-75(80)88-64-73(94-76(81)59-51-43-33-27-21-20-24-30-38-46-54-68(4)5)66-92-96(85,86)90-62-71(78)61-89-95(83,84)91-65-72(93-77(82)60-52-44-34-28-22-25-31-39-47-55-69(6)7)63-87-74(79)57-49-41-32-26-19-17-15-13-11-10-12-14-16-18-23-29-37-45-53-67(2)3/h67-73,78H,9-66H2,1-8H3,(H,83,84)(H,85,86)/t70?,71-,72-,73-/m1/s1. The van der Waals surface area contributed by atoms with Crippen molar-refractivity contribution in [2.24, 2.45) is 23.7 Å². The predicted molar refractivity (Wildman–Crippen MR) is 391 cm³/mol. The van der Waals surface area contributed by atoms with E-state index in [9.17, 15) is 43.2 Å². The van der Waals surface area contributed by atoms with E-state index in [1.807, 2.05) is 0 Å². The molecule has 3 unspecified atom stereocenters. The molecule has 0 fully saturated rings. The second kappa shape index (κ2) is 66.3. The number of phosphoric acid groups is 2. The van der Waals surface area contributed by atoms with E-state index in [0.29, 0.717) is 25.7 Å². The third kappa shape index (κ3) is 69.2. The Hall–Kier alpha value is -1.94. The van der Waals surface area contributed by atoms with Crippen molar-refractivity contribution in [2.75, 3.05) is 39.6 Å². The SMILES string of the molecule is CCC(C)CCCCCCCCC(=O)OC[C@H](COP(=O)(O)OC[C@H](O)COP(=O)(O)OC[C@@H](COC(=O)CCCCCCCCCCCCCCCCCCCCC(C)C)OC(=O)CCCCCCCCCCCC(C)C)OC(=O)CCCCCCCCCCCCC(C)C. The van der Waals surface area contributed by atoms with Crippen LogP contribution in [0.15, 0.2) is 0 Å². The molecule has 17 nitrogen and oxygen atoms in total. The molecule has 19 heteroatoms. The molecule has 0 saturated heterocycles. The highest BCUT2D eigenvalue weighted by Gasteiger charge is 2.30. The lowest BCUT2D eigenvalue weighted by molar-refractivity contribution is -0.161. The van der Waals surface area contributed by atoms with E-state index in [1.54, 1.807) is 0 Å². The van der Waals surface area contributed by atoms with Crippen molar-refractivity contribution in [3.05, 3.63) is 0 Å². The number of hydrogen-bond donors (Lipinski definition) is 3. The second-order valence-electron chi connectivity index (χ2n) is 29.4. The first-order valence-electron chi connectivity index (χ1n) is 39.7. The van der Waals surface area contributed by atoms with Gasteiger partial charge in [0.15, 0.2) is 12.2 Å². The van der Waals surface area contributed by atoms with Crippen molar-refractivity contribution < 1.29 is 80.2 Å². The van der Waals surface area contributed by atoms with Crippen molar-refractivity contribution in [3.63, 3.8) is 0 Å². The average molecular weight is 1410 g/mol. The number of aliphatic hydroxyl groups is 1. The van der Waals surface area contributed by atoms with E-state index < -0.39 is 97.5 Å².